The lowest BCUT2D eigenvalue weighted by Crippen LogP contribution is -2.00. The van der Waals surface area contributed by atoms with E-state index in [-0.39, 0.29) is 0 Å². The van der Waals surface area contributed by atoms with Crippen LogP contribution in [0.1, 0.15) is 5.76 Å². The Morgan fingerprint density at radius 3 is 2.73 bits per heavy atom. The molecule has 0 aliphatic rings. The van der Waals surface area contributed by atoms with Gasteiger partial charge in [-0.2, -0.15) is 0 Å². The maximum atomic E-state index is 5.61. The molecule has 0 fully saturated rings. The van der Waals surface area contributed by atoms with Crippen LogP contribution in [0.15, 0.2) is 33.4 Å². The minimum Gasteiger partial charge on any atom is -0.452 e. The first kappa shape index (κ1) is 10.4. The highest BCUT2D eigenvalue weighted by atomic mass is 79.9. The fourth-order valence-corrected chi connectivity index (χ4v) is 1.48. The first-order valence-corrected chi connectivity index (χ1v) is 5.38. The van der Waals surface area contributed by atoms with E-state index in [0.29, 0.717) is 22.2 Å². The lowest BCUT2D eigenvalue weighted by molar-refractivity contribution is 0.495. The summed E-state index contributed by atoms with van der Waals surface area (Å²) in [6.07, 6.45) is 0. The lowest BCUT2D eigenvalue weighted by atomic mass is 10.4. The average molecular weight is 289 g/mol. The Morgan fingerprint density at radius 2 is 2.13 bits per heavy atom. The van der Waals surface area contributed by atoms with Gasteiger partial charge in [0.05, 0.1) is 6.54 Å². The molecule has 0 unspecified atom stereocenters. The number of hydrogen-bond donors (Lipinski definition) is 1. The van der Waals surface area contributed by atoms with Crippen molar-refractivity contribution in [3.63, 3.8) is 0 Å². The predicted molar refractivity (Wildman–Crippen MR) is 60.8 cm³/mol. The zero-order valence-corrected chi connectivity index (χ0v) is 9.92. The number of rotatable bonds is 3. The van der Waals surface area contributed by atoms with Crippen LogP contribution in [0.2, 0.25) is 5.15 Å². The molecule has 15 heavy (non-hydrogen) atoms. The van der Waals surface area contributed by atoms with Crippen molar-refractivity contribution in [1.82, 2.24) is 10.2 Å². The van der Waals surface area contributed by atoms with Crippen LogP contribution in [-0.4, -0.2) is 10.2 Å². The van der Waals surface area contributed by atoms with Gasteiger partial charge in [0.25, 0.3) is 0 Å². The van der Waals surface area contributed by atoms with Gasteiger partial charge in [0.1, 0.15) is 11.6 Å². The molecule has 2 heterocycles. The number of aromatic nitrogens is 2. The van der Waals surface area contributed by atoms with Crippen LogP contribution < -0.4 is 5.32 Å². The Hall–Kier alpha value is -1.07. The van der Waals surface area contributed by atoms with Crippen molar-refractivity contribution in [3.8, 4) is 0 Å². The Balaban J connectivity index is 1.96. The van der Waals surface area contributed by atoms with Gasteiger partial charge >= 0.3 is 0 Å². The Bertz CT molecular complexity index is 443. The molecule has 0 aliphatic carbocycles. The Morgan fingerprint density at radius 1 is 1.27 bits per heavy atom. The molecule has 6 heteroatoms. The number of hydrogen-bond acceptors (Lipinski definition) is 4. The molecule has 2 aromatic heterocycles. The zero-order chi connectivity index (χ0) is 10.7. The molecule has 0 saturated heterocycles. The summed E-state index contributed by atoms with van der Waals surface area (Å²) in [6.45, 7) is 0.557. The summed E-state index contributed by atoms with van der Waals surface area (Å²) in [6, 6.07) is 7.15. The molecule has 0 radical (unpaired) electrons. The van der Waals surface area contributed by atoms with Gasteiger partial charge in [-0.1, -0.05) is 11.6 Å². The topological polar surface area (TPSA) is 51.0 Å². The molecule has 78 valence electrons. The summed E-state index contributed by atoms with van der Waals surface area (Å²) in [7, 11) is 0. The van der Waals surface area contributed by atoms with Crippen molar-refractivity contribution >= 4 is 33.3 Å². The molecule has 0 aromatic carbocycles. The van der Waals surface area contributed by atoms with Gasteiger partial charge in [-0.3, -0.25) is 0 Å². The van der Waals surface area contributed by atoms with Crippen molar-refractivity contribution in [2.75, 3.05) is 5.32 Å². The van der Waals surface area contributed by atoms with Gasteiger partial charge < -0.3 is 9.73 Å². The number of halogens is 2. The summed E-state index contributed by atoms with van der Waals surface area (Å²) < 4.78 is 6.02. The minimum absolute atomic E-state index is 0.376. The number of nitrogens with zero attached hydrogens (tertiary/aromatic N) is 2. The largest absolute Gasteiger partial charge is 0.452 e. The molecule has 0 aliphatic heterocycles. The second-order valence-corrected chi connectivity index (χ2v) is 3.97. The second kappa shape index (κ2) is 4.63. The van der Waals surface area contributed by atoms with Crippen molar-refractivity contribution in [1.29, 1.82) is 0 Å². The van der Waals surface area contributed by atoms with E-state index in [9.17, 15) is 0 Å². The van der Waals surface area contributed by atoms with E-state index in [0.717, 1.165) is 5.76 Å². The fraction of sp³-hybridized carbons (Fsp3) is 0.111. The Labute approximate surface area is 99.8 Å². The molecule has 0 saturated carbocycles. The molecular weight excluding hydrogens is 281 g/mol. The molecule has 1 N–H and O–H groups in total. The molecule has 0 atom stereocenters. The van der Waals surface area contributed by atoms with Crippen LogP contribution >= 0.6 is 27.5 Å². The van der Waals surface area contributed by atoms with Crippen LogP contribution in [0, 0.1) is 0 Å². The maximum absolute atomic E-state index is 5.61. The van der Waals surface area contributed by atoms with E-state index in [2.05, 4.69) is 31.4 Å². The standard InChI is InChI=1S/C9H7BrClN3O/c10-7-2-1-6(15-7)5-12-9-4-3-8(11)13-14-9/h1-4H,5H2,(H,12,14). The van der Waals surface area contributed by atoms with E-state index < -0.39 is 0 Å². The van der Waals surface area contributed by atoms with Crippen molar-refractivity contribution in [3.05, 3.63) is 39.8 Å². The van der Waals surface area contributed by atoms with Crippen LogP contribution in [0.3, 0.4) is 0 Å². The smallest absolute Gasteiger partial charge is 0.169 e. The van der Waals surface area contributed by atoms with Crippen LogP contribution in [0.4, 0.5) is 5.82 Å². The highest BCUT2D eigenvalue weighted by Crippen LogP contribution is 2.15. The van der Waals surface area contributed by atoms with Crippen LogP contribution in [0.5, 0.6) is 0 Å². The van der Waals surface area contributed by atoms with Gasteiger partial charge in [0.2, 0.25) is 0 Å². The third kappa shape index (κ3) is 2.94. The third-order valence-electron chi connectivity index (χ3n) is 1.70. The van der Waals surface area contributed by atoms with Gasteiger partial charge in [0.15, 0.2) is 9.82 Å². The van der Waals surface area contributed by atoms with E-state index in [1.165, 1.54) is 0 Å². The van der Waals surface area contributed by atoms with Gasteiger partial charge in [-0.25, -0.2) is 0 Å². The molecule has 0 bridgehead atoms. The van der Waals surface area contributed by atoms with E-state index in [1.807, 2.05) is 12.1 Å². The third-order valence-corrected chi connectivity index (χ3v) is 2.33. The summed E-state index contributed by atoms with van der Waals surface area (Å²) in [5, 5.41) is 11.0. The molecule has 2 rings (SSSR count). The fourth-order valence-electron chi connectivity index (χ4n) is 1.03. The van der Waals surface area contributed by atoms with Crippen molar-refractivity contribution in [2.24, 2.45) is 0 Å². The van der Waals surface area contributed by atoms with Gasteiger partial charge in [-0.05, 0) is 40.2 Å². The summed E-state index contributed by atoms with van der Waals surface area (Å²) >= 11 is 8.83. The van der Waals surface area contributed by atoms with E-state index >= 15 is 0 Å². The highest BCUT2D eigenvalue weighted by Gasteiger charge is 2.00. The first-order valence-electron chi connectivity index (χ1n) is 4.21. The number of anilines is 1. The summed E-state index contributed by atoms with van der Waals surface area (Å²) in [5.41, 5.74) is 0. The molecule has 0 amide bonds. The number of furan rings is 1. The quantitative estimate of drug-likeness (QED) is 0.943. The van der Waals surface area contributed by atoms with E-state index in [4.69, 9.17) is 16.0 Å². The normalized spacial score (nSPS) is 10.3. The summed E-state index contributed by atoms with van der Waals surface area (Å²) in [5.74, 6) is 1.48. The summed E-state index contributed by atoms with van der Waals surface area (Å²) in [4.78, 5) is 0. The van der Waals surface area contributed by atoms with Gasteiger partial charge in [-0.15, -0.1) is 10.2 Å². The van der Waals surface area contributed by atoms with Crippen molar-refractivity contribution < 1.29 is 4.42 Å². The monoisotopic (exact) mass is 287 g/mol. The minimum atomic E-state index is 0.376. The average Bonchev–Trinajstić information content (AvgIpc) is 2.64. The highest BCUT2D eigenvalue weighted by molar-refractivity contribution is 9.10. The van der Waals surface area contributed by atoms with Crippen LogP contribution in [-0.2, 0) is 6.54 Å². The van der Waals surface area contributed by atoms with Crippen LogP contribution in [0.25, 0.3) is 0 Å². The van der Waals surface area contributed by atoms with E-state index in [1.54, 1.807) is 12.1 Å². The van der Waals surface area contributed by atoms with Gasteiger partial charge in [0, 0.05) is 0 Å². The molecule has 4 nitrogen and oxygen atoms in total. The maximum Gasteiger partial charge on any atom is 0.169 e. The first-order chi connectivity index (χ1) is 7.24. The SMILES string of the molecule is Clc1ccc(NCc2ccc(Br)o2)nn1. The molecular formula is C9H7BrClN3O. The second-order valence-electron chi connectivity index (χ2n) is 2.80. The Kier molecular flexibility index (Phi) is 3.23. The predicted octanol–water partition coefficient (Wildman–Crippen LogP) is 3.10. The molecule has 2 aromatic rings. The number of nitrogens with one attached hydrogen (secondary N) is 1. The van der Waals surface area contributed by atoms with Crippen molar-refractivity contribution in [2.45, 2.75) is 6.54 Å². The zero-order valence-electron chi connectivity index (χ0n) is 7.58. The molecule has 0 spiro atoms. The lowest BCUT2D eigenvalue weighted by Gasteiger charge is -2.01.